The molecule has 0 saturated carbocycles. The number of anilines is 1. The third kappa shape index (κ3) is 8.00. The standard InChI is InChI=1S/C26H30N2O5/c1-6-11-21(18-14-16-20(17-15-18)27-25(31)33-26(3,4)5)22(24(30)32-7-2)28-23(29)19-12-9-8-10-13-19/h1,8-10,12-17,21-22H,7,11H2,2-5H3,(H,27,31)(H,28,29)/t21-,22-/m1/s1. The molecule has 33 heavy (non-hydrogen) atoms. The van der Waals surface area contributed by atoms with Gasteiger partial charge in [0.2, 0.25) is 0 Å². The van der Waals surface area contributed by atoms with E-state index in [2.05, 4.69) is 16.6 Å². The van der Waals surface area contributed by atoms with Gasteiger partial charge in [0, 0.05) is 23.6 Å². The largest absolute Gasteiger partial charge is 0.464 e. The molecule has 2 rings (SSSR count). The SMILES string of the molecule is C#CC[C@H](c1ccc(NC(=O)OC(C)(C)C)cc1)[C@@H](NC(=O)c1ccccc1)C(=O)OCC. The summed E-state index contributed by atoms with van der Waals surface area (Å²) in [5, 5.41) is 5.43. The van der Waals surface area contributed by atoms with Crippen LogP contribution < -0.4 is 10.6 Å². The molecule has 2 amide bonds. The molecule has 174 valence electrons. The topological polar surface area (TPSA) is 93.7 Å². The summed E-state index contributed by atoms with van der Waals surface area (Å²) >= 11 is 0. The molecule has 0 bridgehead atoms. The summed E-state index contributed by atoms with van der Waals surface area (Å²) in [6.45, 7) is 7.19. The minimum Gasteiger partial charge on any atom is -0.464 e. The molecule has 0 aliphatic heterocycles. The highest BCUT2D eigenvalue weighted by molar-refractivity contribution is 5.97. The molecule has 7 nitrogen and oxygen atoms in total. The number of benzene rings is 2. The van der Waals surface area contributed by atoms with Crippen molar-refractivity contribution in [3.05, 3.63) is 65.7 Å². The molecule has 0 fully saturated rings. The van der Waals surface area contributed by atoms with Gasteiger partial charge < -0.3 is 14.8 Å². The Hall–Kier alpha value is -3.79. The third-order valence-electron chi connectivity index (χ3n) is 4.59. The summed E-state index contributed by atoms with van der Waals surface area (Å²) in [4.78, 5) is 37.5. The summed E-state index contributed by atoms with van der Waals surface area (Å²) < 4.78 is 10.5. The molecule has 0 aliphatic rings. The maximum Gasteiger partial charge on any atom is 0.412 e. The van der Waals surface area contributed by atoms with Gasteiger partial charge in [0.15, 0.2) is 0 Å². The summed E-state index contributed by atoms with van der Waals surface area (Å²) in [6, 6.07) is 14.5. The highest BCUT2D eigenvalue weighted by Gasteiger charge is 2.32. The molecule has 7 heteroatoms. The Morgan fingerprint density at radius 1 is 1.03 bits per heavy atom. The third-order valence-corrected chi connectivity index (χ3v) is 4.59. The van der Waals surface area contributed by atoms with Crippen molar-refractivity contribution < 1.29 is 23.9 Å². The minimum atomic E-state index is -0.988. The Balaban J connectivity index is 2.26. The second-order valence-corrected chi connectivity index (χ2v) is 8.33. The molecular weight excluding hydrogens is 420 g/mol. The Labute approximate surface area is 194 Å². The lowest BCUT2D eigenvalue weighted by Gasteiger charge is -2.26. The average Bonchev–Trinajstić information content (AvgIpc) is 2.76. The molecule has 2 aromatic carbocycles. The number of esters is 1. The van der Waals surface area contributed by atoms with Crippen molar-refractivity contribution in [3.8, 4) is 12.3 Å². The first-order valence-electron chi connectivity index (χ1n) is 10.7. The second kappa shape index (κ2) is 11.7. The van der Waals surface area contributed by atoms with E-state index in [4.69, 9.17) is 15.9 Å². The summed E-state index contributed by atoms with van der Waals surface area (Å²) in [7, 11) is 0. The van der Waals surface area contributed by atoms with Gasteiger partial charge in [-0.25, -0.2) is 9.59 Å². The molecular formula is C26H30N2O5. The number of terminal acetylenes is 1. The van der Waals surface area contributed by atoms with E-state index in [0.29, 0.717) is 16.8 Å². The van der Waals surface area contributed by atoms with Gasteiger partial charge in [-0.1, -0.05) is 30.3 Å². The van der Waals surface area contributed by atoms with Crippen LogP contribution in [0.3, 0.4) is 0 Å². The van der Waals surface area contributed by atoms with Gasteiger partial charge in [-0.05, 0) is 57.5 Å². The van der Waals surface area contributed by atoms with E-state index in [1.54, 1.807) is 82.3 Å². The van der Waals surface area contributed by atoms with Gasteiger partial charge in [0.05, 0.1) is 6.61 Å². The van der Waals surface area contributed by atoms with Crippen molar-refractivity contribution in [1.29, 1.82) is 0 Å². The number of carbonyl (C=O) groups is 3. The lowest BCUT2D eigenvalue weighted by atomic mass is 9.88. The predicted octanol–water partition coefficient (Wildman–Crippen LogP) is 4.50. The summed E-state index contributed by atoms with van der Waals surface area (Å²) in [6.07, 6.45) is 5.20. The van der Waals surface area contributed by atoms with E-state index in [-0.39, 0.29) is 13.0 Å². The zero-order chi connectivity index (χ0) is 24.4. The fraction of sp³-hybridized carbons (Fsp3) is 0.346. The molecule has 0 heterocycles. The van der Waals surface area contributed by atoms with Crippen molar-refractivity contribution in [2.75, 3.05) is 11.9 Å². The number of amides is 2. The molecule has 0 aliphatic carbocycles. The van der Waals surface area contributed by atoms with Gasteiger partial charge in [-0.15, -0.1) is 12.3 Å². The van der Waals surface area contributed by atoms with E-state index in [1.807, 2.05) is 0 Å². The van der Waals surface area contributed by atoms with E-state index in [0.717, 1.165) is 0 Å². The molecule has 0 unspecified atom stereocenters. The van der Waals surface area contributed by atoms with Gasteiger partial charge in [0.1, 0.15) is 11.6 Å². The van der Waals surface area contributed by atoms with Crippen LogP contribution >= 0.6 is 0 Å². The lowest BCUT2D eigenvalue weighted by molar-refractivity contribution is -0.146. The van der Waals surface area contributed by atoms with Crippen LogP contribution in [0.2, 0.25) is 0 Å². The van der Waals surface area contributed by atoms with Crippen LogP contribution in [0.25, 0.3) is 0 Å². The summed E-state index contributed by atoms with van der Waals surface area (Å²) in [5.41, 5.74) is 1.04. The number of hydrogen-bond donors (Lipinski definition) is 2. The Bertz CT molecular complexity index is 988. The first kappa shape index (κ1) is 25.5. The van der Waals surface area contributed by atoms with Gasteiger partial charge in [0.25, 0.3) is 5.91 Å². The second-order valence-electron chi connectivity index (χ2n) is 8.33. The van der Waals surface area contributed by atoms with E-state index >= 15 is 0 Å². The van der Waals surface area contributed by atoms with Crippen LogP contribution in [0.15, 0.2) is 54.6 Å². The predicted molar refractivity (Wildman–Crippen MR) is 127 cm³/mol. The number of nitrogens with one attached hydrogen (secondary N) is 2. The van der Waals surface area contributed by atoms with Gasteiger partial charge in [-0.3, -0.25) is 10.1 Å². The van der Waals surface area contributed by atoms with Crippen LogP contribution in [-0.4, -0.2) is 36.2 Å². The van der Waals surface area contributed by atoms with Gasteiger partial charge >= 0.3 is 12.1 Å². The number of carbonyl (C=O) groups excluding carboxylic acids is 3. The highest BCUT2D eigenvalue weighted by atomic mass is 16.6. The maximum absolute atomic E-state index is 12.8. The van der Waals surface area contributed by atoms with Crippen LogP contribution in [0, 0.1) is 12.3 Å². The van der Waals surface area contributed by atoms with Crippen molar-refractivity contribution in [2.24, 2.45) is 0 Å². The smallest absolute Gasteiger partial charge is 0.412 e. The average molecular weight is 451 g/mol. The Morgan fingerprint density at radius 3 is 2.21 bits per heavy atom. The molecule has 2 aromatic rings. The first-order chi connectivity index (χ1) is 15.6. The normalized spacial score (nSPS) is 12.6. The van der Waals surface area contributed by atoms with Crippen molar-refractivity contribution in [3.63, 3.8) is 0 Å². The van der Waals surface area contributed by atoms with Crippen LogP contribution in [0.1, 0.15) is 56.0 Å². The van der Waals surface area contributed by atoms with E-state index in [9.17, 15) is 14.4 Å². The van der Waals surface area contributed by atoms with Crippen LogP contribution in [-0.2, 0) is 14.3 Å². The maximum atomic E-state index is 12.8. The van der Waals surface area contributed by atoms with Crippen LogP contribution in [0.4, 0.5) is 10.5 Å². The lowest BCUT2D eigenvalue weighted by Crippen LogP contribution is -2.46. The monoisotopic (exact) mass is 450 g/mol. The fourth-order valence-corrected chi connectivity index (χ4v) is 3.16. The zero-order valence-corrected chi connectivity index (χ0v) is 19.4. The molecule has 0 radical (unpaired) electrons. The van der Waals surface area contributed by atoms with Gasteiger partial charge in [-0.2, -0.15) is 0 Å². The van der Waals surface area contributed by atoms with Crippen molar-refractivity contribution in [2.45, 2.75) is 51.7 Å². The fourth-order valence-electron chi connectivity index (χ4n) is 3.16. The molecule has 2 N–H and O–H groups in total. The first-order valence-corrected chi connectivity index (χ1v) is 10.7. The quantitative estimate of drug-likeness (QED) is 0.456. The molecule has 0 aromatic heterocycles. The number of hydrogen-bond acceptors (Lipinski definition) is 5. The molecule has 2 atom stereocenters. The number of ether oxygens (including phenoxy) is 2. The highest BCUT2D eigenvalue weighted by Crippen LogP contribution is 2.26. The Morgan fingerprint density at radius 2 is 1.67 bits per heavy atom. The van der Waals surface area contributed by atoms with Crippen molar-refractivity contribution >= 4 is 23.7 Å². The van der Waals surface area contributed by atoms with Crippen LogP contribution in [0.5, 0.6) is 0 Å². The van der Waals surface area contributed by atoms with E-state index in [1.165, 1.54) is 0 Å². The zero-order valence-electron chi connectivity index (χ0n) is 19.4. The summed E-state index contributed by atoms with van der Waals surface area (Å²) in [5.74, 6) is 1.08. The molecule has 0 spiro atoms. The number of rotatable bonds is 8. The van der Waals surface area contributed by atoms with E-state index < -0.39 is 35.5 Å². The molecule has 0 saturated heterocycles. The van der Waals surface area contributed by atoms with Crippen molar-refractivity contribution in [1.82, 2.24) is 5.32 Å². The minimum absolute atomic E-state index is 0.165. The Kier molecular flexibility index (Phi) is 9.05.